The Hall–Kier alpha value is -0.980. The van der Waals surface area contributed by atoms with Crippen molar-refractivity contribution in [1.82, 2.24) is 0 Å². The molecule has 0 atom stereocenters. The molecule has 0 N–H and O–H groups in total. The molecule has 10 heavy (non-hydrogen) atoms. The average Bonchev–Trinajstić information content (AvgIpc) is 2.36. The molecular weight excluding hydrogens is 124 g/mol. The number of hydrogen-bond donors (Lipinski definition) is 0. The lowest BCUT2D eigenvalue weighted by Gasteiger charge is -1.75. The Morgan fingerprint density at radius 1 is 1.60 bits per heavy atom. The second kappa shape index (κ2) is 3.25. The van der Waals surface area contributed by atoms with Crippen molar-refractivity contribution in [3.05, 3.63) is 23.0 Å². The molecule has 0 aliphatic heterocycles. The van der Waals surface area contributed by atoms with E-state index >= 15 is 0 Å². The van der Waals surface area contributed by atoms with E-state index < -0.39 is 0 Å². The van der Waals surface area contributed by atoms with Crippen LogP contribution in [0.4, 0.5) is 0 Å². The summed E-state index contributed by atoms with van der Waals surface area (Å²) >= 11 is 0. The SMILES string of the molecule is C/C=c1/cco/c1=C/CC. The van der Waals surface area contributed by atoms with Crippen molar-refractivity contribution in [2.75, 3.05) is 0 Å². The zero-order valence-electron chi connectivity index (χ0n) is 6.42. The third-order valence-corrected chi connectivity index (χ3v) is 1.43. The van der Waals surface area contributed by atoms with Crippen LogP contribution in [-0.4, -0.2) is 0 Å². The summed E-state index contributed by atoms with van der Waals surface area (Å²) in [6.07, 6.45) is 6.87. The van der Waals surface area contributed by atoms with Crippen molar-refractivity contribution in [3.8, 4) is 0 Å². The van der Waals surface area contributed by atoms with Gasteiger partial charge in [-0.3, -0.25) is 0 Å². The van der Waals surface area contributed by atoms with Gasteiger partial charge in [0.05, 0.1) is 6.26 Å². The first-order chi connectivity index (χ1) is 4.88. The van der Waals surface area contributed by atoms with Crippen molar-refractivity contribution in [2.45, 2.75) is 20.3 Å². The zero-order valence-corrected chi connectivity index (χ0v) is 6.42. The first kappa shape index (κ1) is 7.13. The second-order valence-electron chi connectivity index (χ2n) is 2.14. The molecule has 0 radical (unpaired) electrons. The van der Waals surface area contributed by atoms with E-state index in [9.17, 15) is 0 Å². The summed E-state index contributed by atoms with van der Waals surface area (Å²) in [7, 11) is 0. The van der Waals surface area contributed by atoms with Crippen LogP contribution >= 0.6 is 0 Å². The number of furan rings is 1. The highest BCUT2D eigenvalue weighted by atomic mass is 16.3. The molecule has 1 rings (SSSR count). The lowest BCUT2D eigenvalue weighted by Crippen LogP contribution is -2.18. The monoisotopic (exact) mass is 136 g/mol. The molecule has 0 saturated heterocycles. The first-order valence-electron chi connectivity index (χ1n) is 3.58. The minimum atomic E-state index is 0.991. The molecule has 0 amide bonds. The van der Waals surface area contributed by atoms with Crippen LogP contribution in [0.5, 0.6) is 0 Å². The average molecular weight is 136 g/mol. The maximum atomic E-state index is 5.21. The van der Waals surface area contributed by atoms with E-state index in [1.165, 1.54) is 5.22 Å². The zero-order chi connectivity index (χ0) is 7.40. The minimum absolute atomic E-state index is 0.991. The van der Waals surface area contributed by atoms with Gasteiger partial charge in [-0.2, -0.15) is 0 Å². The molecule has 1 nitrogen and oxygen atoms in total. The van der Waals surface area contributed by atoms with Crippen molar-refractivity contribution in [3.63, 3.8) is 0 Å². The normalized spacial score (nSPS) is 14.6. The minimum Gasteiger partial charge on any atom is -0.465 e. The van der Waals surface area contributed by atoms with Crippen LogP contribution in [0.2, 0.25) is 0 Å². The Kier molecular flexibility index (Phi) is 2.32. The molecular formula is C9H12O. The van der Waals surface area contributed by atoms with E-state index in [2.05, 4.69) is 13.0 Å². The van der Waals surface area contributed by atoms with E-state index in [-0.39, 0.29) is 0 Å². The van der Waals surface area contributed by atoms with Crippen LogP contribution < -0.4 is 10.6 Å². The molecule has 0 aliphatic carbocycles. The summed E-state index contributed by atoms with van der Waals surface area (Å²) in [5, 5.41) is 1.18. The van der Waals surface area contributed by atoms with Crippen LogP contribution in [0.15, 0.2) is 16.7 Å². The Balaban J connectivity index is 3.28. The van der Waals surface area contributed by atoms with Gasteiger partial charge in [0.25, 0.3) is 0 Å². The van der Waals surface area contributed by atoms with Crippen LogP contribution in [-0.2, 0) is 0 Å². The highest BCUT2D eigenvalue weighted by molar-refractivity contribution is 5.24. The molecule has 0 bridgehead atoms. The molecule has 1 aromatic heterocycles. The summed E-state index contributed by atoms with van der Waals surface area (Å²) in [4.78, 5) is 0. The molecule has 0 spiro atoms. The van der Waals surface area contributed by atoms with Crippen molar-refractivity contribution < 1.29 is 4.42 Å². The predicted octanol–water partition coefficient (Wildman–Crippen LogP) is 1.27. The summed E-state index contributed by atoms with van der Waals surface area (Å²) in [6, 6.07) is 1.97. The van der Waals surface area contributed by atoms with Gasteiger partial charge in [-0.25, -0.2) is 0 Å². The Bertz CT molecular complexity index is 293. The largest absolute Gasteiger partial charge is 0.465 e. The Labute approximate surface area is 60.7 Å². The lowest BCUT2D eigenvalue weighted by molar-refractivity contribution is 0.529. The van der Waals surface area contributed by atoms with Crippen molar-refractivity contribution in [1.29, 1.82) is 0 Å². The fourth-order valence-electron chi connectivity index (χ4n) is 0.921. The third-order valence-electron chi connectivity index (χ3n) is 1.43. The maximum absolute atomic E-state index is 5.21. The van der Waals surface area contributed by atoms with Gasteiger partial charge in [0.1, 0.15) is 5.42 Å². The molecule has 0 saturated carbocycles. The third kappa shape index (κ3) is 1.29. The van der Waals surface area contributed by atoms with Gasteiger partial charge in [0, 0.05) is 5.22 Å². The van der Waals surface area contributed by atoms with E-state index in [0.29, 0.717) is 0 Å². The molecule has 1 aromatic rings. The number of hydrogen-bond acceptors (Lipinski definition) is 1. The molecule has 0 unspecified atom stereocenters. The molecule has 54 valence electrons. The molecule has 0 aliphatic rings. The highest BCUT2D eigenvalue weighted by Crippen LogP contribution is 1.75. The molecule has 0 fully saturated rings. The summed E-state index contributed by atoms with van der Waals surface area (Å²) in [6.45, 7) is 4.11. The molecule has 1 heterocycles. The quantitative estimate of drug-likeness (QED) is 0.566. The fourth-order valence-corrected chi connectivity index (χ4v) is 0.921. The maximum Gasteiger partial charge on any atom is 0.129 e. The van der Waals surface area contributed by atoms with Crippen LogP contribution in [0, 0.1) is 0 Å². The van der Waals surface area contributed by atoms with Crippen molar-refractivity contribution >= 4 is 12.2 Å². The Morgan fingerprint density at radius 3 is 3.00 bits per heavy atom. The Morgan fingerprint density at radius 2 is 2.40 bits per heavy atom. The summed E-state index contributed by atoms with van der Waals surface area (Å²) < 4.78 is 5.21. The highest BCUT2D eigenvalue weighted by Gasteiger charge is 1.83. The van der Waals surface area contributed by atoms with Gasteiger partial charge in [-0.15, -0.1) is 0 Å². The van der Waals surface area contributed by atoms with Crippen LogP contribution in [0.3, 0.4) is 0 Å². The van der Waals surface area contributed by atoms with Gasteiger partial charge in [0.15, 0.2) is 0 Å². The van der Waals surface area contributed by atoms with Gasteiger partial charge >= 0.3 is 0 Å². The molecule has 0 aromatic carbocycles. The van der Waals surface area contributed by atoms with Gasteiger partial charge < -0.3 is 4.42 Å². The van der Waals surface area contributed by atoms with Gasteiger partial charge in [-0.05, 0) is 25.5 Å². The second-order valence-corrected chi connectivity index (χ2v) is 2.14. The summed E-state index contributed by atoms with van der Waals surface area (Å²) in [5.74, 6) is 0. The fraction of sp³-hybridized carbons (Fsp3) is 0.333. The smallest absolute Gasteiger partial charge is 0.129 e. The van der Waals surface area contributed by atoms with Crippen molar-refractivity contribution in [2.24, 2.45) is 0 Å². The summed E-state index contributed by atoms with van der Waals surface area (Å²) in [5.41, 5.74) is 0.991. The van der Waals surface area contributed by atoms with Gasteiger partial charge in [-0.1, -0.05) is 13.0 Å². The van der Waals surface area contributed by atoms with Crippen LogP contribution in [0.1, 0.15) is 20.3 Å². The topological polar surface area (TPSA) is 13.1 Å². The van der Waals surface area contributed by atoms with Crippen LogP contribution in [0.25, 0.3) is 12.2 Å². The standard InChI is InChI=1S/C9H12O/c1-3-5-9-8(4-2)6-7-10-9/h4-7H,3H2,1-2H3/b8-4-,9-5+. The van der Waals surface area contributed by atoms with E-state index in [1.54, 1.807) is 6.26 Å². The van der Waals surface area contributed by atoms with E-state index in [4.69, 9.17) is 4.42 Å². The number of rotatable bonds is 1. The molecule has 1 heteroatoms. The lowest BCUT2D eigenvalue weighted by atomic mass is 10.3. The first-order valence-corrected chi connectivity index (χ1v) is 3.58. The van der Waals surface area contributed by atoms with E-state index in [1.807, 2.05) is 19.1 Å². The van der Waals surface area contributed by atoms with Gasteiger partial charge in [0.2, 0.25) is 0 Å². The van der Waals surface area contributed by atoms with E-state index in [0.717, 1.165) is 11.8 Å². The predicted molar refractivity (Wildman–Crippen MR) is 42.9 cm³/mol.